The summed E-state index contributed by atoms with van der Waals surface area (Å²) in [6.07, 6.45) is 0. The van der Waals surface area contributed by atoms with Crippen LogP contribution in [0.25, 0.3) is 0 Å². The summed E-state index contributed by atoms with van der Waals surface area (Å²) in [7, 11) is 1.21. The van der Waals surface area contributed by atoms with Crippen molar-refractivity contribution in [3.63, 3.8) is 0 Å². The van der Waals surface area contributed by atoms with E-state index in [0.717, 1.165) is 5.56 Å². The van der Waals surface area contributed by atoms with E-state index in [1.165, 1.54) is 24.1 Å². The van der Waals surface area contributed by atoms with E-state index in [1.54, 1.807) is 36.4 Å². The van der Waals surface area contributed by atoms with Gasteiger partial charge < -0.3 is 25.4 Å². The van der Waals surface area contributed by atoms with Gasteiger partial charge in [-0.1, -0.05) is 24.3 Å². The van der Waals surface area contributed by atoms with Crippen LogP contribution in [0.3, 0.4) is 0 Å². The Kier molecular flexibility index (Phi) is 6.99. The van der Waals surface area contributed by atoms with Crippen LogP contribution in [0.1, 0.15) is 15.9 Å². The topological polar surface area (TPSA) is 108 Å². The fourth-order valence-corrected chi connectivity index (χ4v) is 3.15. The molecule has 2 aromatic rings. The number of amides is 2. The van der Waals surface area contributed by atoms with Gasteiger partial charge in [-0.3, -0.25) is 9.59 Å². The monoisotopic (exact) mass is 427 g/mol. The van der Waals surface area contributed by atoms with Crippen molar-refractivity contribution in [2.75, 3.05) is 32.1 Å². The average Bonchev–Trinajstić information content (AvgIpc) is 3.08. The maximum Gasteiger partial charge on any atom is 0.337 e. The number of aliphatic hydroxyl groups excluding tert-OH is 1. The van der Waals surface area contributed by atoms with Crippen LogP contribution in [0.15, 0.2) is 59.8 Å². The standard InChI is InChI=1S/C22H22FN3O5/c1-31-22(30)17-13-26(10-11-27)21(29)19(17)25-18-5-3-2-4-16(18)20(28)24-12-14-6-8-15(23)9-7-14/h2-9,25,27H,10-13H2,1H3,(H,24,28). The van der Waals surface area contributed by atoms with Crippen LogP contribution < -0.4 is 10.6 Å². The molecular formula is C22H22FN3O5. The molecule has 1 aliphatic rings. The smallest absolute Gasteiger partial charge is 0.337 e. The lowest BCUT2D eigenvalue weighted by Gasteiger charge is -2.16. The molecule has 0 unspecified atom stereocenters. The summed E-state index contributed by atoms with van der Waals surface area (Å²) in [5.41, 5.74) is 1.42. The first-order chi connectivity index (χ1) is 14.9. The summed E-state index contributed by atoms with van der Waals surface area (Å²) in [6, 6.07) is 12.3. The number of nitrogens with one attached hydrogen (secondary N) is 2. The van der Waals surface area contributed by atoms with Crippen molar-refractivity contribution in [1.82, 2.24) is 10.2 Å². The van der Waals surface area contributed by atoms with E-state index in [0.29, 0.717) is 5.69 Å². The molecule has 0 spiro atoms. The van der Waals surface area contributed by atoms with Crippen molar-refractivity contribution in [1.29, 1.82) is 0 Å². The van der Waals surface area contributed by atoms with Gasteiger partial charge in [-0.05, 0) is 29.8 Å². The number of para-hydroxylation sites is 1. The Hall–Kier alpha value is -3.72. The highest BCUT2D eigenvalue weighted by molar-refractivity contribution is 6.09. The first-order valence-electron chi connectivity index (χ1n) is 9.55. The number of aliphatic hydroxyl groups is 1. The zero-order valence-corrected chi connectivity index (χ0v) is 16.9. The van der Waals surface area contributed by atoms with Crippen molar-refractivity contribution in [2.24, 2.45) is 0 Å². The van der Waals surface area contributed by atoms with Gasteiger partial charge in [0.05, 0.1) is 37.1 Å². The van der Waals surface area contributed by atoms with Gasteiger partial charge in [0.2, 0.25) is 0 Å². The molecule has 0 fully saturated rings. The first kappa shape index (κ1) is 22.0. The van der Waals surface area contributed by atoms with Gasteiger partial charge in [0.25, 0.3) is 11.8 Å². The third kappa shape index (κ3) is 5.07. The number of nitrogens with zero attached hydrogens (tertiary/aromatic N) is 1. The summed E-state index contributed by atoms with van der Waals surface area (Å²) in [6.45, 7) is -0.0136. The number of hydrogen-bond acceptors (Lipinski definition) is 6. The maximum atomic E-state index is 13.0. The van der Waals surface area contributed by atoms with Gasteiger partial charge in [0.15, 0.2) is 0 Å². The van der Waals surface area contributed by atoms with E-state index >= 15 is 0 Å². The second-order valence-corrected chi connectivity index (χ2v) is 6.78. The molecule has 9 heteroatoms. The number of hydrogen-bond donors (Lipinski definition) is 3. The third-order valence-corrected chi connectivity index (χ3v) is 4.75. The second-order valence-electron chi connectivity index (χ2n) is 6.78. The van der Waals surface area contributed by atoms with Crippen LogP contribution in [-0.2, 0) is 20.9 Å². The minimum absolute atomic E-state index is 0.000848. The number of carbonyl (C=O) groups excluding carboxylic acids is 3. The molecule has 2 aromatic carbocycles. The van der Waals surface area contributed by atoms with E-state index in [4.69, 9.17) is 9.84 Å². The summed E-state index contributed by atoms with van der Waals surface area (Å²) in [4.78, 5) is 38.9. The van der Waals surface area contributed by atoms with Crippen molar-refractivity contribution in [3.8, 4) is 0 Å². The Bertz CT molecular complexity index is 1020. The number of benzene rings is 2. The zero-order chi connectivity index (χ0) is 22.4. The molecule has 1 aliphatic heterocycles. The number of halogens is 1. The van der Waals surface area contributed by atoms with Crippen LogP contribution in [0.4, 0.5) is 10.1 Å². The summed E-state index contributed by atoms with van der Waals surface area (Å²) in [5, 5.41) is 14.8. The molecular weight excluding hydrogens is 405 g/mol. The van der Waals surface area contributed by atoms with Crippen molar-refractivity contribution in [2.45, 2.75) is 6.54 Å². The van der Waals surface area contributed by atoms with E-state index in [2.05, 4.69) is 10.6 Å². The van der Waals surface area contributed by atoms with Gasteiger partial charge in [0, 0.05) is 13.1 Å². The quantitative estimate of drug-likeness (QED) is 0.550. The van der Waals surface area contributed by atoms with Crippen molar-refractivity contribution in [3.05, 3.63) is 76.7 Å². The molecule has 3 N–H and O–H groups in total. The third-order valence-electron chi connectivity index (χ3n) is 4.75. The number of carbonyl (C=O) groups is 3. The molecule has 0 atom stereocenters. The highest BCUT2D eigenvalue weighted by Gasteiger charge is 2.34. The van der Waals surface area contributed by atoms with E-state index in [-0.39, 0.29) is 48.9 Å². The van der Waals surface area contributed by atoms with Crippen LogP contribution in [0.2, 0.25) is 0 Å². The van der Waals surface area contributed by atoms with E-state index in [9.17, 15) is 18.8 Å². The number of ether oxygens (including phenoxy) is 1. The fraction of sp³-hybridized carbons (Fsp3) is 0.227. The SMILES string of the molecule is COC(=O)C1=C(Nc2ccccc2C(=O)NCc2ccc(F)cc2)C(=O)N(CCO)C1. The maximum absolute atomic E-state index is 13.0. The van der Waals surface area contributed by atoms with Crippen LogP contribution in [0, 0.1) is 5.82 Å². The molecule has 0 bridgehead atoms. The van der Waals surface area contributed by atoms with Crippen molar-refractivity contribution >= 4 is 23.5 Å². The lowest BCUT2D eigenvalue weighted by Crippen LogP contribution is -2.31. The number of anilines is 1. The first-order valence-corrected chi connectivity index (χ1v) is 9.55. The second kappa shape index (κ2) is 9.86. The number of methoxy groups -OCH3 is 1. The summed E-state index contributed by atoms with van der Waals surface area (Å²) < 4.78 is 17.8. The van der Waals surface area contributed by atoms with Gasteiger partial charge in [-0.25, -0.2) is 9.18 Å². The molecule has 3 rings (SSSR count). The van der Waals surface area contributed by atoms with Gasteiger partial charge >= 0.3 is 5.97 Å². The van der Waals surface area contributed by atoms with Gasteiger partial charge in [-0.15, -0.1) is 0 Å². The Balaban J connectivity index is 1.81. The molecule has 0 aromatic heterocycles. The van der Waals surface area contributed by atoms with E-state index < -0.39 is 17.8 Å². The Labute approximate surface area is 178 Å². The van der Waals surface area contributed by atoms with Gasteiger partial charge in [0.1, 0.15) is 11.5 Å². The van der Waals surface area contributed by atoms with E-state index in [1.807, 2.05) is 0 Å². The number of β-amino-alcohol motifs (C(OH)–C–C–N with tert-alkyl or cyclic N) is 1. The molecule has 0 saturated carbocycles. The highest BCUT2D eigenvalue weighted by Crippen LogP contribution is 2.25. The minimum Gasteiger partial charge on any atom is -0.466 e. The average molecular weight is 427 g/mol. The molecule has 1 heterocycles. The molecule has 0 aliphatic carbocycles. The lowest BCUT2D eigenvalue weighted by molar-refractivity contribution is -0.136. The van der Waals surface area contributed by atoms with Crippen LogP contribution in [0.5, 0.6) is 0 Å². The lowest BCUT2D eigenvalue weighted by atomic mass is 10.1. The van der Waals surface area contributed by atoms with Crippen LogP contribution >= 0.6 is 0 Å². The largest absolute Gasteiger partial charge is 0.466 e. The zero-order valence-electron chi connectivity index (χ0n) is 16.9. The normalized spacial score (nSPS) is 13.4. The predicted molar refractivity (Wildman–Crippen MR) is 110 cm³/mol. The predicted octanol–water partition coefficient (Wildman–Crippen LogP) is 1.43. The highest BCUT2D eigenvalue weighted by atomic mass is 19.1. The molecule has 8 nitrogen and oxygen atoms in total. The Morgan fingerprint density at radius 2 is 1.87 bits per heavy atom. The summed E-state index contributed by atoms with van der Waals surface area (Å²) in [5.74, 6) is -1.92. The fourth-order valence-electron chi connectivity index (χ4n) is 3.15. The Morgan fingerprint density at radius 3 is 2.55 bits per heavy atom. The van der Waals surface area contributed by atoms with Gasteiger partial charge in [-0.2, -0.15) is 0 Å². The summed E-state index contributed by atoms with van der Waals surface area (Å²) >= 11 is 0. The molecule has 2 amide bonds. The molecule has 0 saturated heterocycles. The Morgan fingerprint density at radius 1 is 1.16 bits per heavy atom. The molecule has 0 radical (unpaired) electrons. The number of rotatable bonds is 8. The number of esters is 1. The molecule has 31 heavy (non-hydrogen) atoms. The molecule has 162 valence electrons. The van der Waals surface area contributed by atoms with Crippen LogP contribution in [-0.4, -0.2) is 54.6 Å². The minimum atomic E-state index is -0.672. The van der Waals surface area contributed by atoms with Crippen molar-refractivity contribution < 1.29 is 28.6 Å².